The molecule has 1 aliphatic rings. The molecule has 0 amide bonds. The first kappa shape index (κ1) is 22.0. The van der Waals surface area contributed by atoms with Crippen molar-refractivity contribution in [3.05, 3.63) is 60.0 Å². The van der Waals surface area contributed by atoms with Gasteiger partial charge in [0.2, 0.25) is 15.8 Å². The molecule has 0 N–H and O–H groups in total. The number of rotatable bonds is 7. The minimum atomic E-state index is -3.64. The van der Waals surface area contributed by atoms with Gasteiger partial charge in [-0.05, 0) is 55.3 Å². The molecule has 0 bridgehead atoms. The first-order valence-corrected chi connectivity index (χ1v) is 11.7. The molecule has 4 rings (SSSR count). The second-order valence-electron chi connectivity index (χ2n) is 7.31. The van der Waals surface area contributed by atoms with Gasteiger partial charge < -0.3 is 14.0 Å². The third-order valence-corrected chi connectivity index (χ3v) is 7.06. The largest absolute Gasteiger partial charge is 0.497 e. The number of ether oxygens (including phenoxy) is 2. The first-order chi connectivity index (χ1) is 15.5. The minimum absolute atomic E-state index is 0.0773. The Morgan fingerprint density at radius 2 is 1.84 bits per heavy atom. The Balaban J connectivity index is 1.41. The van der Waals surface area contributed by atoms with E-state index in [1.54, 1.807) is 31.4 Å². The van der Waals surface area contributed by atoms with E-state index in [1.807, 2.05) is 0 Å². The maximum Gasteiger partial charge on any atom is 0.338 e. The van der Waals surface area contributed by atoms with Crippen LogP contribution in [0.5, 0.6) is 5.75 Å². The summed E-state index contributed by atoms with van der Waals surface area (Å²) in [5.74, 6) is 0.510. The van der Waals surface area contributed by atoms with Crippen LogP contribution in [-0.4, -0.2) is 49.0 Å². The van der Waals surface area contributed by atoms with Crippen molar-refractivity contribution < 1.29 is 27.2 Å². The van der Waals surface area contributed by atoms with Gasteiger partial charge in [-0.15, -0.1) is 0 Å². The van der Waals surface area contributed by atoms with Gasteiger partial charge in [0.25, 0.3) is 5.89 Å². The molecule has 2 aromatic carbocycles. The topological polar surface area (TPSA) is 112 Å². The zero-order valence-electron chi connectivity index (χ0n) is 17.6. The van der Waals surface area contributed by atoms with E-state index in [-0.39, 0.29) is 23.0 Å². The van der Waals surface area contributed by atoms with Gasteiger partial charge in [-0.25, -0.2) is 13.2 Å². The van der Waals surface area contributed by atoms with Gasteiger partial charge in [-0.3, -0.25) is 0 Å². The predicted molar refractivity (Wildman–Crippen MR) is 114 cm³/mol. The lowest BCUT2D eigenvalue weighted by Crippen LogP contribution is -2.35. The summed E-state index contributed by atoms with van der Waals surface area (Å²) >= 11 is 0. The highest BCUT2D eigenvalue weighted by Crippen LogP contribution is 2.22. The Kier molecular flexibility index (Phi) is 6.52. The quantitative estimate of drug-likeness (QED) is 0.497. The van der Waals surface area contributed by atoms with Crippen LogP contribution in [0.3, 0.4) is 0 Å². The summed E-state index contributed by atoms with van der Waals surface area (Å²) < 4.78 is 42.7. The van der Waals surface area contributed by atoms with Crippen molar-refractivity contribution in [3.63, 3.8) is 0 Å². The predicted octanol–water partition coefficient (Wildman–Crippen LogP) is 3.28. The zero-order valence-corrected chi connectivity index (χ0v) is 18.4. The molecule has 2 heterocycles. The molecular weight excluding hydrogens is 434 g/mol. The first-order valence-electron chi connectivity index (χ1n) is 10.2. The molecule has 0 saturated carbocycles. The number of esters is 1. The van der Waals surface area contributed by atoms with Crippen LogP contribution in [0.25, 0.3) is 11.4 Å². The average Bonchev–Trinajstić information content (AvgIpc) is 3.32. The molecule has 1 saturated heterocycles. The number of nitrogens with zero attached hydrogens (tertiary/aromatic N) is 3. The molecule has 3 aromatic rings. The van der Waals surface area contributed by atoms with Crippen molar-refractivity contribution in [1.29, 1.82) is 0 Å². The van der Waals surface area contributed by atoms with E-state index in [2.05, 4.69) is 10.1 Å². The number of carbonyl (C=O) groups is 1. The Morgan fingerprint density at radius 1 is 1.09 bits per heavy atom. The van der Waals surface area contributed by atoms with Crippen LogP contribution in [-0.2, 0) is 21.4 Å². The number of sulfonamides is 1. The lowest BCUT2D eigenvalue weighted by atomic mass is 10.2. The molecule has 0 radical (unpaired) electrons. The number of hydrogen-bond donors (Lipinski definition) is 0. The molecule has 9 nitrogen and oxygen atoms in total. The number of piperidine rings is 1. The number of benzene rings is 2. The van der Waals surface area contributed by atoms with Gasteiger partial charge in [-0.1, -0.05) is 17.6 Å². The summed E-state index contributed by atoms with van der Waals surface area (Å²) in [6, 6.07) is 13.0. The summed E-state index contributed by atoms with van der Waals surface area (Å²) in [5.41, 5.74) is 0.862. The lowest BCUT2D eigenvalue weighted by molar-refractivity contribution is 0.0429. The molecule has 168 valence electrons. The molecule has 0 spiro atoms. The summed E-state index contributed by atoms with van der Waals surface area (Å²) in [6.07, 6.45) is 2.70. The zero-order chi connectivity index (χ0) is 22.6. The number of methoxy groups -OCH3 is 1. The van der Waals surface area contributed by atoms with Crippen molar-refractivity contribution in [2.45, 2.75) is 30.8 Å². The van der Waals surface area contributed by atoms with Crippen LogP contribution >= 0.6 is 0 Å². The van der Waals surface area contributed by atoms with Crippen molar-refractivity contribution in [1.82, 2.24) is 14.4 Å². The Morgan fingerprint density at radius 3 is 2.56 bits per heavy atom. The molecule has 0 unspecified atom stereocenters. The summed E-state index contributed by atoms with van der Waals surface area (Å²) in [6.45, 7) is 0.750. The monoisotopic (exact) mass is 457 g/mol. The second-order valence-corrected chi connectivity index (χ2v) is 9.25. The fourth-order valence-corrected chi connectivity index (χ4v) is 4.98. The Hall–Kier alpha value is -3.24. The fourth-order valence-electron chi connectivity index (χ4n) is 3.42. The van der Waals surface area contributed by atoms with Gasteiger partial charge in [0, 0.05) is 18.7 Å². The average molecular weight is 458 g/mol. The lowest BCUT2D eigenvalue weighted by Gasteiger charge is -2.25. The molecule has 0 aliphatic carbocycles. The molecule has 0 atom stereocenters. The molecule has 1 fully saturated rings. The summed E-state index contributed by atoms with van der Waals surface area (Å²) in [5, 5.41) is 3.89. The third-order valence-electron chi connectivity index (χ3n) is 5.17. The van der Waals surface area contributed by atoms with Crippen LogP contribution in [0, 0.1) is 0 Å². The molecule has 1 aliphatic heterocycles. The van der Waals surface area contributed by atoms with Gasteiger partial charge in [0.05, 0.1) is 17.6 Å². The highest BCUT2D eigenvalue weighted by Gasteiger charge is 2.26. The van der Waals surface area contributed by atoms with Crippen LogP contribution < -0.4 is 4.74 Å². The second kappa shape index (κ2) is 9.49. The van der Waals surface area contributed by atoms with Gasteiger partial charge >= 0.3 is 5.97 Å². The van der Waals surface area contributed by atoms with E-state index in [0.29, 0.717) is 24.7 Å². The standard InChI is InChI=1S/C22H23N3O6S/c1-29-18-10-8-16(9-11-18)21-23-20(31-24-21)15-30-22(26)17-6-5-7-19(14-17)32(27,28)25-12-3-2-4-13-25/h5-11,14H,2-4,12-13,15H2,1H3. The Labute approximate surface area is 186 Å². The fraction of sp³-hybridized carbons (Fsp3) is 0.318. The summed E-state index contributed by atoms with van der Waals surface area (Å²) in [4.78, 5) is 16.8. The number of aromatic nitrogens is 2. The molecular formula is C22H23N3O6S. The van der Waals surface area contributed by atoms with Gasteiger partial charge in [0.1, 0.15) is 5.75 Å². The van der Waals surface area contributed by atoms with Gasteiger partial charge in [-0.2, -0.15) is 9.29 Å². The van der Waals surface area contributed by atoms with Crippen LogP contribution in [0.1, 0.15) is 35.5 Å². The van der Waals surface area contributed by atoms with E-state index in [4.69, 9.17) is 14.0 Å². The van der Waals surface area contributed by atoms with E-state index in [9.17, 15) is 13.2 Å². The van der Waals surface area contributed by atoms with E-state index in [0.717, 1.165) is 24.8 Å². The van der Waals surface area contributed by atoms with Crippen LogP contribution in [0.4, 0.5) is 0 Å². The van der Waals surface area contributed by atoms with Crippen molar-refractivity contribution in [2.24, 2.45) is 0 Å². The molecule has 1 aromatic heterocycles. The summed E-state index contributed by atoms with van der Waals surface area (Å²) in [7, 11) is -2.06. The van der Waals surface area contributed by atoms with E-state index >= 15 is 0 Å². The minimum Gasteiger partial charge on any atom is -0.497 e. The highest BCUT2D eigenvalue weighted by molar-refractivity contribution is 7.89. The molecule has 32 heavy (non-hydrogen) atoms. The number of carbonyl (C=O) groups excluding carboxylic acids is 1. The normalized spacial score (nSPS) is 14.8. The van der Waals surface area contributed by atoms with Crippen molar-refractivity contribution in [3.8, 4) is 17.1 Å². The van der Waals surface area contributed by atoms with Crippen molar-refractivity contribution >= 4 is 16.0 Å². The third kappa shape index (κ3) is 4.81. The van der Waals surface area contributed by atoms with E-state index in [1.165, 1.54) is 28.6 Å². The van der Waals surface area contributed by atoms with Gasteiger partial charge in [0.15, 0.2) is 6.61 Å². The SMILES string of the molecule is COc1ccc(-c2noc(COC(=O)c3cccc(S(=O)(=O)N4CCCCC4)c3)n2)cc1. The maximum absolute atomic E-state index is 12.9. The number of hydrogen-bond acceptors (Lipinski definition) is 8. The Bertz CT molecular complexity index is 1180. The highest BCUT2D eigenvalue weighted by atomic mass is 32.2. The van der Waals surface area contributed by atoms with E-state index < -0.39 is 16.0 Å². The van der Waals surface area contributed by atoms with Crippen molar-refractivity contribution in [2.75, 3.05) is 20.2 Å². The smallest absolute Gasteiger partial charge is 0.338 e. The maximum atomic E-state index is 12.9. The molecule has 10 heteroatoms. The van der Waals surface area contributed by atoms with Crippen LogP contribution in [0.2, 0.25) is 0 Å². The van der Waals surface area contributed by atoms with Crippen LogP contribution in [0.15, 0.2) is 57.9 Å².